The van der Waals surface area contributed by atoms with Crippen molar-refractivity contribution in [3.8, 4) is 0 Å². The Morgan fingerprint density at radius 3 is 3.05 bits per heavy atom. The number of hydrogen-bond acceptors (Lipinski definition) is 3. The zero-order chi connectivity index (χ0) is 15.3. The smallest absolute Gasteiger partial charge is 0.344 e. The van der Waals surface area contributed by atoms with E-state index in [9.17, 15) is 4.79 Å². The first-order valence-corrected chi connectivity index (χ1v) is 8.50. The molecule has 0 radical (unpaired) electrons. The van der Waals surface area contributed by atoms with Gasteiger partial charge < -0.3 is 14.6 Å². The molecular weight excluding hydrogens is 286 g/mol. The van der Waals surface area contributed by atoms with Gasteiger partial charge in [-0.3, -0.25) is 0 Å². The molecule has 21 heavy (non-hydrogen) atoms. The first-order valence-electron chi connectivity index (χ1n) is 7.62. The van der Waals surface area contributed by atoms with Crippen LogP contribution in [0, 0.1) is 0 Å². The first-order chi connectivity index (χ1) is 10.00. The Morgan fingerprint density at radius 1 is 1.57 bits per heavy atom. The quantitative estimate of drug-likeness (QED) is 0.929. The van der Waals surface area contributed by atoms with E-state index in [0.717, 1.165) is 37.2 Å². The van der Waals surface area contributed by atoms with Crippen LogP contribution in [-0.4, -0.2) is 28.8 Å². The van der Waals surface area contributed by atoms with Crippen LogP contribution in [0.1, 0.15) is 46.5 Å². The minimum absolute atomic E-state index is 0.227. The van der Waals surface area contributed by atoms with Crippen molar-refractivity contribution < 1.29 is 9.53 Å². The molecule has 1 fully saturated rings. The lowest BCUT2D eigenvalue weighted by Gasteiger charge is -2.23. The summed E-state index contributed by atoms with van der Waals surface area (Å²) in [4.78, 5) is 16.9. The molecule has 1 aliphatic rings. The molecule has 1 atom stereocenters. The van der Waals surface area contributed by atoms with Gasteiger partial charge in [0, 0.05) is 23.7 Å². The van der Waals surface area contributed by atoms with E-state index in [1.54, 1.807) is 0 Å². The van der Waals surface area contributed by atoms with Crippen molar-refractivity contribution in [2.45, 2.75) is 64.6 Å². The molecule has 1 aromatic heterocycles. The molecule has 2 heterocycles. The Balaban J connectivity index is 2.04. The normalized spacial score (nSPS) is 20.5. The minimum Gasteiger partial charge on any atom is -0.376 e. The number of carbonyl (C=O) groups excluding carboxylic acids is 1. The summed E-state index contributed by atoms with van der Waals surface area (Å²) < 4.78 is 7.76. The van der Waals surface area contributed by atoms with Crippen molar-refractivity contribution in [1.29, 1.82) is 0 Å². The highest BCUT2D eigenvalue weighted by atomic mass is 32.1. The van der Waals surface area contributed by atoms with E-state index >= 15 is 0 Å². The predicted molar refractivity (Wildman–Crippen MR) is 84.4 cm³/mol. The highest BCUT2D eigenvalue weighted by Crippen LogP contribution is 2.14. The van der Waals surface area contributed by atoms with Crippen LogP contribution in [0.3, 0.4) is 0 Å². The van der Waals surface area contributed by atoms with Crippen molar-refractivity contribution >= 4 is 17.4 Å². The van der Waals surface area contributed by atoms with E-state index in [0.29, 0.717) is 0 Å². The summed E-state index contributed by atoms with van der Waals surface area (Å²) in [6.45, 7) is 7.66. The maximum Gasteiger partial charge on any atom is 0.344 e. The van der Waals surface area contributed by atoms with Gasteiger partial charge in [0.05, 0.1) is 12.6 Å². The third-order valence-electron chi connectivity index (χ3n) is 3.86. The first kappa shape index (κ1) is 16.2. The number of thiazole rings is 1. The van der Waals surface area contributed by atoms with Gasteiger partial charge in [-0.15, -0.1) is 11.3 Å². The second kappa shape index (κ2) is 7.22. The lowest BCUT2D eigenvalue weighted by atomic mass is 10.0. The van der Waals surface area contributed by atoms with Gasteiger partial charge >= 0.3 is 6.03 Å². The van der Waals surface area contributed by atoms with E-state index in [1.807, 2.05) is 36.9 Å². The number of amides is 2. The molecule has 1 saturated heterocycles. The number of nitrogens with zero attached hydrogens (tertiary/aromatic N) is 2. The standard InChI is InChI=1S/C15H25N3O2S/c1-4-15(2,3)17-13(19)16-14-18(8-10-21-14)11-12-7-5-6-9-20-12/h8,10,12H,4-7,9,11H2,1-3H3,(H,17,19). The second-order valence-corrected chi connectivity index (χ2v) is 6.98. The molecule has 1 unspecified atom stereocenters. The maximum absolute atomic E-state index is 12.0. The van der Waals surface area contributed by atoms with Crippen molar-refractivity contribution in [3.63, 3.8) is 0 Å². The highest BCUT2D eigenvalue weighted by Gasteiger charge is 2.18. The number of urea groups is 1. The zero-order valence-corrected chi connectivity index (χ0v) is 13.9. The predicted octanol–water partition coefficient (Wildman–Crippen LogP) is 2.92. The van der Waals surface area contributed by atoms with E-state index in [-0.39, 0.29) is 17.7 Å². The fraction of sp³-hybridized carbons (Fsp3) is 0.733. The minimum atomic E-state index is -0.275. The second-order valence-electron chi connectivity index (χ2n) is 6.11. The Kier molecular flexibility index (Phi) is 5.58. The lowest BCUT2D eigenvalue weighted by molar-refractivity contribution is 0.00557. The number of rotatable bonds is 4. The molecule has 1 aromatic rings. The van der Waals surface area contributed by atoms with Crippen LogP contribution < -0.4 is 10.1 Å². The number of aromatic nitrogens is 1. The molecule has 118 valence electrons. The van der Waals surface area contributed by atoms with Gasteiger partial charge in [0.1, 0.15) is 0 Å². The topological polar surface area (TPSA) is 55.6 Å². The van der Waals surface area contributed by atoms with Gasteiger partial charge in [0.15, 0.2) is 4.80 Å². The van der Waals surface area contributed by atoms with Crippen molar-refractivity contribution in [1.82, 2.24) is 9.88 Å². The Bertz CT molecular complexity index is 527. The molecule has 0 aliphatic carbocycles. The SMILES string of the molecule is CCC(C)(C)NC(=O)N=c1sccn1CC1CCCCO1. The average Bonchev–Trinajstić information content (AvgIpc) is 2.86. The number of hydrogen-bond donors (Lipinski definition) is 1. The highest BCUT2D eigenvalue weighted by molar-refractivity contribution is 7.07. The van der Waals surface area contributed by atoms with E-state index in [2.05, 4.69) is 10.3 Å². The molecular formula is C15H25N3O2S. The molecule has 0 aromatic carbocycles. The Morgan fingerprint density at radius 2 is 2.38 bits per heavy atom. The molecule has 6 heteroatoms. The summed E-state index contributed by atoms with van der Waals surface area (Å²) in [7, 11) is 0. The molecule has 2 rings (SSSR count). The van der Waals surface area contributed by atoms with Gasteiger partial charge in [-0.25, -0.2) is 4.79 Å². The van der Waals surface area contributed by atoms with Crippen molar-refractivity contribution in [2.75, 3.05) is 6.61 Å². The van der Waals surface area contributed by atoms with Crippen molar-refractivity contribution in [3.05, 3.63) is 16.4 Å². The van der Waals surface area contributed by atoms with Crippen LogP contribution >= 0.6 is 11.3 Å². The molecule has 1 N–H and O–H groups in total. The monoisotopic (exact) mass is 311 g/mol. The van der Waals surface area contributed by atoms with Crippen LogP contribution in [0.15, 0.2) is 16.6 Å². The number of nitrogens with one attached hydrogen (secondary N) is 1. The molecule has 0 bridgehead atoms. The van der Waals surface area contributed by atoms with Crippen LogP contribution in [0.2, 0.25) is 0 Å². The van der Waals surface area contributed by atoms with E-state index in [4.69, 9.17) is 4.74 Å². The summed E-state index contributed by atoms with van der Waals surface area (Å²) in [5.41, 5.74) is -0.227. The molecule has 2 amide bonds. The van der Waals surface area contributed by atoms with Gasteiger partial charge in [-0.05, 0) is 39.5 Å². The van der Waals surface area contributed by atoms with Crippen LogP contribution in [0.4, 0.5) is 4.79 Å². The Labute approximate surface area is 130 Å². The summed E-state index contributed by atoms with van der Waals surface area (Å²) in [6.07, 6.45) is 6.53. The summed E-state index contributed by atoms with van der Waals surface area (Å²) >= 11 is 1.48. The van der Waals surface area contributed by atoms with Crippen LogP contribution in [0.5, 0.6) is 0 Å². The number of ether oxygens (including phenoxy) is 1. The Hall–Kier alpha value is -1.14. The number of carbonyl (C=O) groups is 1. The molecule has 0 saturated carbocycles. The fourth-order valence-electron chi connectivity index (χ4n) is 2.19. The van der Waals surface area contributed by atoms with E-state index in [1.165, 1.54) is 17.8 Å². The third kappa shape index (κ3) is 4.97. The van der Waals surface area contributed by atoms with Crippen LogP contribution in [0.25, 0.3) is 0 Å². The third-order valence-corrected chi connectivity index (χ3v) is 4.66. The summed E-state index contributed by atoms with van der Waals surface area (Å²) in [5, 5.41) is 4.89. The van der Waals surface area contributed by atoms with Gasteiger partial charge in [-0.1, -0.05) is 6.92 Å². The van der Waals surface area contributed by atoms with E-state index < -0.39 is 0 Å². The zero-order valence-electron chi connectivity index (χ0n) is 13.1. The van der Waals surface area contributed by atoms with Gasteiger partial charge in [-0.2, -0.15) is 4.99 Å². The average molecular weight is 311 g/mol. The summed E-state index contributed by atoms with van der Waals surface area (Å²) in [6, 6.07) is -0.275. The largest absolute Gasteiger partial charge is 0.376 e. The maximum atomic E-state index is 12.0. The molecule has 1 aliphatic heterocycles. The van der Waals surface area contributed by atoms with Crippen molar-refractivity contribution in [2.24, 2.45) is 4.99 Å². The molecule has 0 spiro atoms. The van der Waals surface area contributed by atoms with Gasteiger partial charge in [0.25, 0.3) is 0 Å². The van der Waals surface area contributed by atoms with Crippen LogP contribution in [-0.2, 0) is 11.3 Å². The fourth-order valence-corrected chi connectivity index (χ4v) is 2.93. The summed E-state index contributed by atoms with van der Waals surface area (Å²) in [5.74, 6) is 0. The van der Waals surface area contributed by atoms with Gasteiger partial charge in [0.2, 0.25) is 0 Å². The molecule has 5 nitrogen and oxygen atoms in total. The lowest BCUT2D eigenvalue weighted by Crippen LogP contribution is -2.42.